The van der Waals surface area contributed by atoms with Crippen molar-refractivity contribution in [2.75, 3.05) is 5.32 Å². The molecule has 0 saturated heterocycles. The monoisotopic (exact) mass is 365 g/mol. The van der Waals surface area contributed by atoms with E-state index in [9.17, 15) is 9.18 Å². The maximum absolute atomic E-state index is 13.5. The molecule has 2 heterocycles. The fraction of sp³-hybridized carbons (Fsp3) is 0.364. The number of halogens is 1. The number of carbonyl (C=O) groups is 1. The number of anilines is 1. The quantitative estimate of drug-likeness (QED) is 0.639. The van der Waals surface area contributed by atoms with Crippen LogP contribution in [0.15, 0.2) is 42.6 Å². The molecule has 1 aliphatic carbocycles. The van der Waals surface area contributed by atoms with Crippen molar-refractivity contribution in [3.05, 3.63) is 48.4 Å². The lowest BCUT2D eigenvalue weighted by molar-refractivity contribution is -0.121. The highest BCUT2D eigenvalue weighted by Gasteiger charge is 2.26. The number of aromatic nitrogens is 2. The van der Waals surface area contributed by atoms with E-state index >= 15 is 0 Å². The predicted octanol–water partition coefficient (Wildman–Crippen LogP) is 5.52. The maximum atomic E-state index is 13.5. The van der Waals surface area contributed by atoms with Crippen LogP contribution in [-0.2, 0) is 4.79 Å². The molecule has 2 N–H and O–H groups in total. The fourth-order valence-corrected chi connectivity index (χ4v) is 4.02. The number of hydrogen-bond acceptors (Lipinski definition) is 2. The Morgan fingerprint density at radius 3 is 2.78 bits per heavy atom. The second kappa shape index (κ2) is 7.51. The molecule has 140 valence electrons. The van der Waals surface area contributed by atoms with Gasteiger partial charge in [-0.05, 0) is 55.9 Å². The number of benzene rings is 1. The van der Waals surface area contributed by atoms with Crippen LogP contribution in [0, 0.1) is 17.7 Å². The molecule has 1 saturated carbocycles. The molecule has 0 unspecified atom stereocenters. The Labute approximate surface area is 158 Å². The third-order valence-corrected chi connectivity index (χ3v) is 5.72. The molecule has 4 rings (SSSR count). The topological polar surface area (TPSA) is 57.8 Å². The number of pyridine rings is 1. The van der Waals surface area contributed by atoms with E-state index in [-0.39, 0.29) is 17.6 Å². The Bertz CT molecular complexity index is 957. The van der Waals surface area contributed by atoms with Crippen LogP contribution in [0.25, 0.3) is 22.3 Å². The minimum absolute atomic E-state index is 0.0812. The van der Waals surface area contributed by atoms with Gasteiger partial charge in [0.15, 0.2) is 0 Å². The van der Waals surface area contributed by atoms with E-state index in [0.717, 1.165) is 53.9 Å². The van der Waals surface area contributed by atoms with Crippen LogP contribution in [0.2, 0.25) is 0 Å². The van der Waals surface area contributed by atoms with Crippen molar-refractivity contribution < 1.29 is 9.18 Å². The molecule has 4 nitrogen and oxygen atoms in total. The van der Waals surface area contributed by atoms with Gasteiger partial charge in [0.2, 0.25) is 5.91 Å². The molecule has 2 aromatic heterocycles. The zero-order chi connectivity index (χ0) is 18.8. The number of amides is 1. The Balaban J connectivity index is 1.56. The molecular formula is C22H24FN3O. The first-order chi connectivity index (χ1) is 13.1. The van der Waals surface area contributed by atoms with Gasteiger partial charge in [-0.15, -0.1) is 0 Å². The molecule has 0 bridgehead atoms. The third kappa shape index (κ3) is 3.72. The first kappa shape index (κ1) is 17.7. The van der Waals surface area contributed by atoms with Gasteiger partial charge in [0.25, 0.3) is 0 Å². The molecule has 0 aliphatic heterocycles. The molecule has 5 heteroatoms. The molecule has 0 radical (unpaired) electrons. The van der Waals surface area contributed by atoms with Gasteiger partial charge in [-0.2, -0.15) is 0 Å². The molecule has 1 aromatic carbocycles. The highest BCUT2D eigenvalue weighted by atomic mass is 19.1. The minimum Gasteiger partial charge on any atom is -0.339 e. The van der Waals surface area contributed by atoms with E-state index < -0.39 is 0 Å². The smallest absolute Gasteiger partial charge is 0.227 e. The van der Waals surface area contributed by atoms with E-state index in [4.69, 9.17) is 0 Å². The first-order valence-corrected chi connectivity index (χ1v) is 9.68. The highest BCUT2D eigenvalue weighted by molar-refractivity contribution is 6.02. The second-order valence-corrected chi connectivity index (χ2v) is 7.43. The fourth-order valence-electron chi connectivity index (χ4n) is 4.02. The summed E-state index contributed by atoms with van der Waals surface area (Å²) in [6.07, 6.45) is 7.06. The van der Waals surface area contributed by atoms with E-state index in [1.165, 1.54) is 18.6 Å². The van der Waals surface area contributed by atoms with Crippen molar-refractivity contribution in [2.45, 2.75) is 39.0 Å². The molecule has 0 spiro atoms. The first-order valence-electron chi connectivity index (χ1n) is 9.68. The van der Waals surface area contributed by atoms with Crippen molar-refractivity contribution in [1.29, 1.82) is 0 Å². The Morgan fingerprint density at radius 2 is 2.04 bits per heavy atom. The summed E-state index contributed by atoms with van der Waals surface area (Å²) >= 11 is 0. The van der Waals surface area contributed by atoms with Crippen molar-refractivity contribution in [3.8, 4) is 11.3 Å². The molecule has 27 heavy (non-hydrogen) atoms. The van der Waals surface area contributed by atoms with Crippen LogP contribution in [0.3, 0.4) is 0 Å². The van der Waals surface area contributed by atoms with Crippen LogP contribution >= 0.6 is 0 Å². The van der Waals surface area contributed by atoms with E-state index in [1.54, 1.807) is 12.3 Å². The summed E-state index contributed by atoms with van der Waals surface area (Å²) in [5.41, 5.74) is 2.97. The summed E-state index contributed by atoms with van der Waals surface area (Å²) in [6, 6.07) is 10.2. The molecule has 1 aliphatic rings. The van der Waals surface area contributed by atoms with Crippen molar-refractivity contribution in [1.82, 2.24) is 9.97 Å². The van der Waals surface area contributed by atoms with Crippen molar-refractivity contribution >= 4 is 22.6 Å². The van der Waals surface area contributed by atoms with Gasteiger partial charge in [0.1, 0.15) is 11.5 Å². The molecule has 1 fully saturated rings. The van der Waals surface area contributed by atoms with E-state index in [1.807, 2.05) is 18.2 Å². The zero-order valence-electron chi connectivity index (χ0n) is 15.5. The number of rotatable bonds is 4. The zero-order valence-corrected chi connectivity index (χ0v) is 15.5. The van der Waals surface area contributed by atoms with E-state index in [0.29, 0.717) is 5.65 Å². The number of fused-ring (bicyclic) bond motifs is 1. The lowest BCUT2D eigenvalue weighted by Gasteiger charge is -2.26. The van der Waals surface area contributed by atoms with Crippen LogP contribution < -0.4 is 5.32 Å². The number of nitrogens with zero attached hydrogens (tertiary/aromatic N) is 1. The lowest BCUT2D eigenvalue weighted by Crippen LogP contribution is -2.27. The third-order valence-electron chi connectivity index (χ3n) is 5.72. The SMILES string of the molecule is CCC1CCC(C(=O)Nc2ccnc3[nH]c(-c4cccc(F)c4)cc23)CC1. The van der Waals surface area contributed by atoms with Crippen LogP contribution in [0.1, 0.15) is 39.0 Å². The second-order valence-electron chi connectivity index (χ2n) is 7.43. The molecule has 1 amide bonds. The Morgan fingerprint density at radius 1 is 1.22 bits per heavy atom. The summed E-state index contributed by atoms with van der Waals surface area (Å²) < 4.78 is 13.5. The van der Waals surface area contributed by atoms with Crippen molar-refractivity contribution in [3.63, 3.8) is 0 Å². The van der Waals surface area contributed by atoms with Gasteiger partial charge < -0.3 is 10.3 Å². The summed E-state index contributed by atoms with van der Waals surface area (Å²) in [7, 11) is 0. The number of carbonyl (C=O) groups excluding carboxylic acids is 1. The number of hydrogen-bond donors (Lipinski definition) is 2. The van der Waals surface area contributed by atoms with Crippen LogP contribution in [0.4, 0.5) is 10.1 Å². The molecular weight excluding hydrogens is 341 g/mol. The van der Waals surface area contributed by atoms with Gasteiger partial charge >= 0.3 is 0 Å². The normalized spacial score (nSPS) is 19.9. The predicted molar refractivity (Wildman–Crippen MR) is 106 cm³/mol. The largest absolute Gasteiger partial charge is 0.339 e. The van der Waals surface area contributed by atoms with Gasteiger partial charge in [-0.25, -0.2) is 9.37 Å². The summed E-state index contributed by atoms with van der Waals surface area (Å²) in [4.78, 5) is 20.3. The average Bonchev–Trinajstić information content (AvgIpc) is 3.13. The Kier molecular flexibility index (Phi) is 4.92. The lowest BCUT2D eigenvalue weighted by atomic mass is 9.80. The number of nitrogens with one attached hydrogen (secondary N) is 2. The Hall–Kier alpha value is -2.69. The highest BCUT2D eigenvalue weighted by Crippen LogP contribution is 2.33. The summed E-state index contributed by atoms with van der Waals surface area (Å²) in [6.45, 7) is 2.22. The minimum atomic E-state index is -0.282. The molecule has 3 aromatic rings. The number of H-pyrrole nitrogens is 1. The number of aromatic amines is 1. The van der Waals surface area contributed by atoms with Crippen LogP contribution in [0.5, 0.6) is 0 Å². The summed E-state index contributed by atoms with van der Waals surface area (Å²) in [5, 5.41) is 3.93. The average molecular weight is 365 g/mol. The van der Waals surface area contributed by atoms with Crippen molar-refractivity contribution in [2.24, 2.45) is 11.8 Å². The maximum Gasteiger partial charge on any atom is 0.227 e. The summed E-state index contributed by atoms with van der Waals surface area (Å²) in [5.74, 6) is 0.652. The van der Waals surface area contributed by atoms with Gasteiger partial charge in [0, 0.05) is 28.8 Å². The van der Waals surface area contributed by atoms with E-state index in [2.05, 4.69) is 22.2 Å². The van der Waals surface area contributed by atoms with Gasteiger partial charge in [-0.3, -0.25) is 4.79 Å². The van der Waals surface area contributed by atoms with Gasteiger partial charge in [0.05, 0.1) is 5.69 Å². The van der Waals surface area contributed by atoms with Crippen LogP contribution in [-0.4, -0.2) is 15.9 Å². The molecule has 0 atom stereocenters. The van der Waals surface area contributed by atoms with Gasteiger partial charge in [-0.1, -0.05) is 25.5 Å². The standard InChI is InChI=1S/C22H24FN3O/c1-2-14-6-8-15(9-7-14)22(27)26-19-10-11-24-21-18(19)13-20(25-21)16-4-3-5-17(23)12-16/h3-5,10-15H,2,6-9H2,1H3,(H2,24,25,26,27).